The molecule has 4 N–H and O–H groups in total. The minimum absolute atomic E-state index is 0.0702. The van der Waals surface area contributed by atoms with Crippen LogP contribution in [-0.2, 0) is 21.1 Å². The molecule has 0 aliphatic rings. The van der Waals surface area contributed by atoms with Crippen molar-refractivity contribution in [3.63, 3.8) is 0 Å². The smallest absolute Gasteiger partial charge is 0.410 e. The number of benzene rings is 2. The lowest BCUT2D eigenvalue weighted by molar-refractivity contribution is 0.0227. The summed E-state index contributed by atoms with van der Waals surface area (Å²) in [7, 11) is -3.89. The van der Waals surface area contributed by atoms with Gasteiger partial charge in [0.1, 0.15) is 11.0 Å². The number of nitrogens with one attached hydrogen (secondary N) is 1. The van der Waals surface area contributed by atoms with Crippen molar-refractivity contribution >= 4 is 21.6 Å². The van der Waals surface area contributed by atoms with Crippen LogP contribution in [0.25, 0.3) is 0 Å². The molecule has 0 aliphatic carbocycles. The van der Waals surface area contributed by atoms with E-state index in [1.165, 1.54) is 38.1 Å². The molecule has 1 atom stereocenters. The number of nitrogens with two attached hydrogens (primary N) is 1. The van der Waals surface area contributed by atoms with Crippen LogP contribution in [0.15, 0.2) is 59.5 Å². The fraction of sp³-hybridized carbons (Fsp3) is 0.480. The minimum atomic E-state index is -3.89. The van der Waals surface area contributed by atoms with E-state index in [1.54, 1.807) is 4.90 Å². The zero-order valence-electron chi connectivity index (χ0n) is 20.6. The highest BCUT2D eigenvalue weighted by atomic mass is 32.2. The van der Waals surface area contributed by atoms with Gasteiger partial charge in [-0.2, -0.15) is 0 Å². The number of carbonyl (C=O) groups excluding carboxylic acids is 1. The summed E-state index contributed by atoms with van der Waals surface area (Å²) in [5, 5.41) is 12.3. The summed E-state index contributed by atoms with van der Waals surface area (Å²) in [6, 6.07) is 15.4. The highest BCUT2D eigenvalue weighted by Crippen LogP contribution is 2.23. The molecule has 0 heterocycles. The number of nitrogen functional groups attached to an aromatic ring is 1. The van der Waals surface area contributed by atoms with Crippen molar-refractivity contribution in [1.82, 2.24) is 10.2 Å². The van der Waals surface area contributed by atoms with Crippen LogP contribution in [0.5, 0.6) is 0 Å². The van der Waals surface area contributed by atoms with Crippen LogP contribution in [-0.4, -0.2) is 54.2 Å². The molecule has 0 aliphatic heterocycles. The Hall–Kier alpha value is -2.62. The normalized spacial score (nSPS) is 13.4. The van der Waals surface area contributed by atoms with Gasteiger partial charge in [-0.15, -0.1) is 0 Å². The monoisotopic (exact) mass is 491 g/mol. The number of anilines is 1. The maximum absolute atomic E-state index is 13.2. The third kappa shape index (κ3) is 8.30. The summed E-state index contributed by atoms with van der Waals surface area (Å²) >= 11 is 0. The second-order valence-corrected chi connectivity index (χ2v) is 11.9. The highest BCUT2D eigenvalue weighted by Gasteiger charge is 2.38. The van der Waals surface area contributed by atoms with Crippen molar-refractivity contribution in [2.24, 2.45) is 0 Å². The van der Waals surface area contributed by atoms with E-state index in [-0.39, 0.29) is 11.4 Å². The molecule has 2 aromatic rings. The molecule has 8 nitrogen and oxygen atoms in total. The summed E-state index contributed by atoms with van der Waals surface area (Å²) < 4.78 is 31.9. The summed E-state index contributed by atoms with van der Waals surface area (Å²) in [5.74, 6) is 0. The Morgan fingerprint density at radius 1 is 1.06 bits per heavy atom. The first-order chi connectivity index (χ1) is 15.7. The predicted molar refractivity (Wildman–Crippen MR) is 134 cm³/mol. The van der Waals surface area contributed by atoms with Gasteiger partial charge in [-0.25, -0.2) is 13.2 Å². The van der Waals surface area contributed by atoms with Gasteiger partial charge in [-0.3, -0.25) is 5.32 Å². The summed E-state index contributed by atoms with van der Waals surface area (Å²) in [6.07, 6.45) is 0.0144. The standard InChI is InChI=1S/C25H37N3O5S/c1-24(2,3)33-23(29)28(18-19-10-7-6-8-11-19)17-9-16-27-22(25(4,5)30)34(31,32)21-14-12-20(26)13-15-21/h6-8,10-15,22,27,30H,9,16-18,26H2,1-5H3. The number of carbonyl (C=O) groups is 1. The molecule has 2 rings (SSSR count). The van der Waals surface area contributed by atoms with Gasteiger partial charge in [0.15, 0.2) is 9.84 Å². The first-order valence-electron chi connectivity index (χ1n) is 11.3. The molecular weight excluding hydrogens is 454 g/mol. The second-order valence-electron chi connectivity index (χ2n) is 9.84. The molecule has 1 amide bonds. The topological polar surface area (TPSA) is 122 Å². The van der Waals surface area contributed by atoms with Crippen LogP contribution >= 0.6 is 0 Å². The molecule has 9 heteroatoms. The van der Waals surface area contributed by atoms with Crippen molar-refractivity contribution in [2.75, 3.05) is 18.8 Å². The van der Waals surface area contributed by atoms with Gasteiger partial charge in [0.2, 0.25) is 0 Å². The van der Waals surface area contributed by atoms with Gasteiger partial charge < -0.3 is 20.5 Å². The third-order valence-corrected chi connectivity index (χ3v) is 7.26. The van der Waals surface area contributed by atoms with E-state index in [0.717, 1.165) is 5.56 Å². The fourth-order valence-electron chi connectivity index (χ4n) is 3.40. The molecule has 0 saturated heterocycles. The van der Waals surface area contributed by atoms with E-state index < -0.39 is 32.5 Å². The highest BCUT2D eigenvalue weighted by molar-refractivity contribution is 7.92. The second kappa shape index (κ2) is 11.2. The summed E-state index contributed by atoms with van der Waals surface area (Å²) in [4.78, 5) is 14.4. The molecule has 188 valence electrons. The number of hydrogen-bond acceptors (Lipinski definition) is 7. The number of nitrogens with zero attached hydrogens (tertiary/aromatic N) is 1. The number of aliphatic hydroxyl groups is 1. The van der Waals surface area contributed by atoms with Crippen molar-refractivity contribution < 1.29 is 23.1 Å². The van der Waals surface area contributed by atoms with E-state index in [4.69, 9.17) is 10.5 Å². The third-order valence-electron chi connectivity index (χ3n) is 4.96. The maximum atomic E-state index is 13.2. The average Bonchev–Trinajstić information content (AvgIpc) is 2.71. The summed E-state index contributed by atoms with van der Waals surface area (Å²) in [5.41, 5.74) is 4.90. The average molecular weight is 492 g/mol. The predicted octanol–water partition coefficient (Wildman–Crippen LogP) is 3.56. The largest absolute Gasteiger partial charge is 0.444 e. The van der Waals surface area contributed by atoms with E-state index in [2.05, 4.69) is 5.32 Å². The Balaban J connectivity index is 2.09. The van der Waals surface area contributed by atoms with Crippen molar-refractivity contribution in [1.29, 1.82) is 0 Å². The molecule has 0 radical (unpaired) electrons. The quantitative estimate of drug-likeness (QED) is 0.343. The lowest BCUT2D eigenvalue weighted by Crippen LogP contribution is -2.52. The van der Waals surface area contributed by atoms with Crippen LogP contribution in [0.2, 0.25) is 0 Å². The molecule has 1 unspecified atom stereocenters. The van der Waals surface area contributed by atoms with Crippen molar-refractivity contribution in [2.45, 2.75) is 69.1 Å². The lowest BCUT2D eigenvalue weighted by Gasteiger charge is -2.31. The zero-order chi connectivity index (χ0) is 25.6. The van der Waals surface area contributed by atoms with E-state index in [1.807, 2.05) is 51.1 Å². The van der Waals surface area contributed by atoms with E-state index >= 15 is 0 Å². The molecule has 0 fully saturated rings. The number of amides is 1. The first kappa shape index (κ1) is 27.6. The van der Waals surface area contributed by atoms with Crippen LogP contribution in [0.4, 0.5) is 10.5 Å². The van der Waals surface area contributed by atoms with Crippen molar-refractivity contribution in [3.05, 3.63) is 60.2 Å². The number of hydrogen-bond donors (Lipinski definition) is 3. The van der Waals surface area contributed by atoms with Crippen LogP contribution in [0.3, 0.4) is 0 Å². The zero-order valence-corrected chi connectivity index (χ0v) is 21.4. The Morgan fingerprint density at radius 3 is 2.18 bits per heavy atom. The van der Waals surface area contributed by atoms with Crippen LogP contribution in [0.1, 0.15) is 46.6 Å². The van der Waals surface area contributed by atoms with Crippen LogP contribution in [0, 0.1) is 0 Å². The SMILES string of the molecule is CC(C)(C)OC(=O)N(CCCNC(C(C)(C)O)S(=O)(=O)c1ccc(N)cc1)Cc1ccccc1. The number of ether oxygens (including phenoxy) is 1. The lowest BCUT2D eigenvalue weighted by atomic mass is 10.1. The van der Waals surface area contributed by atoms with Gasteiger partial charge >= 0.3 is 6.09 Å². The molecule has 0 saturated carbocycles. The molecule has 34 heavy (non-hydrogen) atoms. The molecular formula is C25H37N3O5S. The molecule has 2 aromatic carbocycles. The van der Waals surface area contributed by atoms with E-state index in [0.29, 0.717) is 25.2 Å². The van der Waals surface area contributed by atoms with Gasteiger partial charge in [-0.1, -0.05) is 30.3 Å². The Kier molecular flexibility index (Phi) is 9.10. The Bertz CT molecular complexity index is 1030. The van der Waals surface area contributed by atoms with Crippen molar-refractivity contribution in [3.8, 4) is 0 Å². The number of sulfone groups is 1. The van der Waals surface area contributed by atoms with Gasteiger partial charge in [0.25, 0.3) is 0 Å². The molecule has 0 aromatic heterocycles. The number of rotatable bonds is 10. The van der Waals surface area contributed by atoms with Gasteiger partial charge in [0.05, 0.1) is 10.5 Å². The fourth-order valence-corrected chi connectivity index (χ4v) is 5.29. The Morgan fingerprint density at radius 2 is 1.65 bits per heavy atom. The first-order valence-corrected chi connectivity index (χ1v) is 12.8. The molecule has 0 spiro atoms. The maximum Gasteiger partial charge on any atom is 0.410 e. The van der Waals surface area contributed by atoms with E-state index in [9.17, 15) is 18.3 Å². The van der Waals surface area contributed by atoms with Crippen LogP contribution < -0.4 is 11.1 Å². The Labute approximate surface area is 203 Å². The molecule has 0 bridgehead atoms. The van der Waals surface area contributed by atoms with Gasteiger partial charge in [0, 0.05) is 18.8 Å². The minimum Gasteiger partial charge on any atom is -0.444 e. The summed E-state index contributed by atoms with van der Waals surface area (Å²) in [6.45, 7) is 9.29. The van der Waals surface area contributed by atoms with Gasteiger partial charge in [-0.05, 0) is 77.4 Å².